The molecule has 0 aliphatic carbocycles. The maximum atomic E-state index is 13.2. The summed E-state index contributed by atoms with van der Waals surface area (Å²) in [4.78, 5) is 8.41. The van der Waals surface area contributed by atoms with Gasteiger partial charge in [0.05, 0.1) is 5.54 Å². The fourth-order valence-electron chi connectivity index (χ4n) is 2.70. The molecule has 0 amide bonds. The summed E-state index contributed by atoms with van der Waals surface area (Å²) >= 11 is 0. The molecule has 0 aliphatic heterocycles. The van der Waals surface area contributed by atoms with E-state index in [4.69, 9.17) is 0 Å². The van der Waals surface area contributed by atoms with Gasteiger partial charge >= 0.3 is 10.2 Å². The third-order valence-corrected chi connectivity index (χ3v) is 5.09. The summed E-state index contributed by atoms with van der Waals surface area (Å²) in [7, 11) is -4.78. The number of halogens is 1. The van der Waals surface area contributed by atoms with Gasteiger partial charge in [0.25, 0.3) is 0 Å². The Balaban J connectivity index is 1.86. The molecule has 3 rings (SSSR count). The highest BCUT2D eigenvalue weighted by Crippen LogP contribution is 2.26. The smallest absolute Gasteiger partial charge is 0.332 e. The molecule has 0 unspecified atom stereocenters. The molecule has 0 spiro atoms. The van der Waals surface area contributed by atoms with Gasteiger partial charge in [-0.15, -0.1) is 3.89 Å². The Hall–Kier alpha value is -3.00. The first-order valence-corrected chi connectivity index (χ1v) is 10.0. The lowest BCUT2D eigenvalue weighted by Crippen LogP contribution is -2.29. The van der Waals surface area contributed by atoms with Crippen LogP contribution in [0.15, 0.2) is 65.7 Å². The van der Waals surface area contributed by atoms with E-state index in [-0.39, 0.29) is 0 Å². The zero-order valence-corrected chi connectivity index (χ0v) is 16.6. The van der Waals surface area contributed by atoms with Crippen molar-refractivity contribution in [3.8, 4) is 0 Å². The standard InChI is InChI=1S/C20H21FN4O2S/c1-14-13-22-19(25-20(2,3)15-8-5-4-6-9-15)24-18(14)23-16-10-7-11-17(12-16)28(21,26)27/h4-13H,1-3H3,(H2,22,23,24,25). The van der Waals surface area contributed by atoms with Crippen LogP contribution in [0.25, 0.3) is 0 Å². The SMILES string of the molecule is Cc1cnc(NC(C)(C)c2ccccc2)nc1Nc1cccc(S(=O)(=O)F)c1. The van der Waals surface area contributed by atoms with Crippen molar-refractivity contribution >= 4 is 27.7 Å². The van der Waals surface area contributed by atoms with E-state index in [1.807, 2.05) is 51.1 Å². The van der Waals surface area contributed by atoms with Crippen LogP contribution < -0.4 is 10.6 Å². The first-order valence-electron chi connectivity index (χ1n) is 8.64. The second-order valence-electron chi connectivity index (χ2n) is 6.93. The summed E-state index contributed by atoms with van der Waals surface area (Å²) < 4.78 is 35.5. The van der Waals surface area contributed by atoms with E-state index < -0.39 is 20.7 Å². The van der Waals surface area contributed by atoms with E-state index in [1.54, 1.807) is 12.3 Å². The van der Waals surface area contributed by atoms with Crippen molar-refractivity contribution in [1.82, 2.24) is 9.97 Å². The van der Waals surface area contributed by atoms with Gasteiger partial charge in [-0.25, -0.2) is 4.98 Å². The van der Waals surface area contributed by atoms with Gasteiger partial charge in [-0.1, -0.05) is 36.4 Å². The molecule has 1 aromatic heterocycles. The second kappa shape index (κ2) is 7.55. The normalized spacial score (nSPS) is 11.9. The predicted molar refractivity (Wildman–Crippen MR) is 108 cm³/mol. The minimum Gasteiger partial charge on any atom is -0.345 e. The monoisotopic (exact) mass is 400 g/mol. The van der Waals surface area contributed by atoms with Crippen LogP contribution in [0.5, 0.6) is 0 Å². The molecule has 0 radical (unpaired) electrons. The van der Waals surface area contributed by atoms with Crippen LogP contribution in [0, 0.1) is 6.92 Å². The van der Waals surface area contributed by atoms with Crippen molar-refractivity contribution in [2.45, 2.75) is 31.2 Å². The van der Waals surface area contributed by atoms with Crippen molar-refractivity contribution in [1.29, 1.82) is 0 Å². The molecule has 6 nitrogen and oxygen atoms in total. The Bertz CT molecular complexity index is 1090. The molecule has 146 valence electrons. The third kappa shape index (κ3) is 4.64. The summed E-state index contributed by atoms with van der Waals surface area (Å²) in [6.45, 7) is 5.87. The maximum Gasteiger partial charge on any atom is 0.332 e. The van der Waals surface area contributed by atoms with Crippen molar-refractivity contribution in [3.05, 3.63) is 71.9 Å². The topological polar surface area (TPSA) is 84.0 Å². The molecule has 0 saturated heterocycles. The lowest BCUT2D eigenvalue weighted by atomic mass is 9.95. The van der Waals surface area contributed by atoms with Crippen LogP contribution in [0.3, 0.4) is 0 Å². The molecule has 2 N–H and O–H groups in total. The molecule has 0 saturated carbocycles. The number of aryl methyl sites for hydroxylation is 1. The van der Waals surface area contributed by atoms with E-state index in [9.17, 15) is 12.3 Å². The summed E-state index contributed by atoms with van der Waals surface area (Å²) in [5.74, 6) is 0.908. The van der Waals surface area contributed by atoms with Crippen LogP contribution in [-0.4, -0.2) is 18.4 Å². The summed E-state index contributed by atoms with van der Waals surface area (Å²) in [5, 5.41) is 6.33. The zero-order valence-electron chi connectivity index (χ0n) is 15.8. The molecule has 28 heavy (non-hydrogen) atoms. The average molecular weight is 400 g/mol. The van der Waals surface area contributed by atoms with Crippen molar-refractivity contribution in [2.75, 3.05) is 10.6 Å². The first-order chi connectivity index (χ1) is 13.1. The van der Waals surface area contributed by atoms with Crippen molar-refractivity contribution in [2.24, 2.45) is 0 Å². The van der Waals surface area contributed by atoms with E-state index in [1.165, 1.54) is 18.2 Å². The summed E-state index contributed by atoms with van der Waals surface area (Å²) in [6, 6.07) is 15.4. The van der Waals surface area contributed by atoms with Gasteiger partial charge in [0.1, 0.15) is 10.7 Å². The Morgan fingerprint density at radius 3 is 2.43 bits per heavy atom. The number of benzene rings is 2. The van der Waals surface area contributed by atoms with Gasteiger partial charge in [0.2, 0.25) is 5.95 Å². The first kappa shape index (κ1) is 19.8. The summed E-state index contributed by atoms with van der Waals surface area (Å²) in [5.41, 5.74) is 1.84. The fourth-order valence-corrected chi connectivity index (χ4v) is 3.21. The second-order valence-corrected chi connectivity index (χ2v) is 8.28. The third-order valence-electron chi connectivity index (χ3n) is 4.27. The van der Waals surface area contributed by atoms with Gasteiger partial charge in [-0.2, -0.15) is 13.4 Å². The highest BCUT2D eigenvalue weighted by molar-refractivity contribution is 7.86. The van der Waals surface area contributed by atoms with Gasteiger partial charge in [-0.3, -0.25) is 0 Å². The van der Waals surface area contributed by atoms with Crippen LogP contribution in [0.4, 0.5) is 21.3 Å². The molecule has 0 bridgehead atoms. The molecule has 8 heteroatoms. The highest BCUT2D eigenvalue weighted by atomic mass is 32.3. The Labute approximate surface area is 164 Å². The molecule has 0 fully saturated rings. The van der Waals surface area contributed by atoms with Crippen LogP contribution in [0.1, 0.15) is 25.0 Å². The quantitative estimate of drug-likeness (QED) is 0.591. The maximum absolute atomic E-state index is 13.2. The number of aromatic nitrogens is 2. The van der Waals surface area contributed by atoms with Crippen LogP contribution in [0.2, 0.25) is 0 Å². The molecule has 0 aliphatic rings. The Morgan fingerprint density at radius 2 is 1.75 bits per heavy atom. The number of rotatable bonds is 6. The zero-order chi connectivity index (χ0) is 20.4. The number of hydrogen-bond acceptors (Lipinski definition) is 6. The van der Waals surface area contributed by atoms with E-state index in [0.29, 0.717) is 17.5 Å². The van der Waals surface area contributed by atoms with Crippen molar-refractivity contribution in [3.63, 3.8) is 0 Å². The van der Waals surface area contributed by atoms with Crippen LogP contribution >= 0.6 is 0 Å². The largest absolute Gasteiger partial charge is 0.345 e. The highest BCUT2D eigenvalue weighted by Gasteiger charge is 2.21. The molecule has 3 aromatic rings. The van der Waals surface area contributed by atoms with Crippen LogP contribution in [-0.2, 0) is 15.8 Å². The average Bonchev–Trinajstić information content (AvgIpc) is 2.64. The number of hydrogen-bond donors (Lipinski definition) is 2. The van der Waals surface area contributed by atoms with Gasteiger partial charge in [-0.05, 0) is 44.5 Å². The molecule has 2 aromatic carbocycles. The molecule has 0 atom stereocenters. The molecule has 1 heterocycles. The van der Waals surface area contributed by atoms with E-state index >= 15 is 0 Å². The number of anilines is 3. The lowest BCUT2D eigenvalue weighted by Gasteiger charge is -2.27. The minimum absolute atomic E-state index is 0.407. The minimum atomic E-state index is -4.78. The van der Waals surface area contributed by atoms with Gasteiger partial charge < -0.3 is 10.6 Å². The Morgan fingerprint density at radius 1 is 1.04 bits per heavy atom. The predicted octanol–water partition coefficient (Wildman–Crippen LogP) is 4.53. The van der Waals surface area contributed by atoms with E-state index in [2.05, 4.69) is 20.6 Å². The van der Waals surface area contributed by atoms with E-state index in [0.717, 1.165) is 11.1 Å². The lowest BCUT2D eigenvalue weighted by molar-refractivity contribution is 0.552. The van der Waals surface area contributed by atoms with Gasteiger partial charge in [0.15, 0.2) is 0 Å². The summed E-state index contributed by atoms with van der Waals surface area (Å²) in [6.07, 6.45) is 1.66. The fraction of sp³-hybridized carbons (Fsp3) is 0.200. The molecular formula is C20H21FN4O2S. The number of nitrogens with one attached hydrogen (secondary N) is 2. The Kier molecular flexibility index (Phi) is 5.33. The molecular weight excluding hydrogens is 379 g/mol. The van der Waals surface area contributed by atoms with Gasteiger partial charge in [0, 0.05) is 17.4 Å². The van der Waals surface area contributed by atoms with Crippen molar-refractivity contribution < 1.29 is 12.3 Å². The number of nitrogens with zero attached hydrogens (tertiary/aromatic N) is 2.